The lowest BCUT2D eigenvalue weighted by Gasteiger charge is -2.03. The molecule has 1 rings (SSSR count). The monoisotopic (exact) mass is 169 g/mol. The number of phenolic OH excluding ortho intramolecular Hbond substituents is 4. The van der Waals surface area contributed by atoms with Crippen LogP contribution >= 0.6 is 0 Å². The molecule has 0 saturated carbocycles. The first-order valence-corrected chi connectivity index (χ1v) is 2.93. The Balaban J connectivity index is 3.49. The predicted molar refractivity (Wildman–Crippen MR) is 37.9 cm³/mol. The van der Waals surface area contributed by atoms with Gasteiger partial charge in [0, 0.05) is 0 Å². The lowest BCUT2D eigenvalue weighted by atomic mass is 10.2. The van der Waals surface area contributed by atoms with E-state index in [4.69, 9.17) is 20.4 Å². The minimum absolute atomic E-state index is 0.414. The molecule has 0 aliphatic heterocycles. The first-order valence-electron chi connectivity index (χ1n) is 2.93. The van der Waals surface area contributed by atoms with Crippen LogP contribution in [0.4, 0.5) is 0 Å². The van der Waals surface area contributed by atoms with E-state index in [0.29, 0.717) is 0 Å². The summed E-state index contributed by atoms with van der Waals surface area (Å²) >= 11 is 0. The van der Waals surface area contributed by atoms with Gasteiger partial charge in [-0.05, 0) is 6.07 Å². The number of phenols is 4. The van der Waals surface area contributed by atoms with Crippen LogP contribution in [0.3, 0.4) is 0 Å². The molecule has 0 bridgehead atoms. The third-order valence-corrected chi connectivity index (χ3v) is 1.34. The highest BCUT2D eigenvalue weighted by Gasteiger charge is 2.15. The Bertz CT molecular complexity index is 331. The lowest BCUT2D eigenvalue weighted by Crippen LogP contribution is -1.83. The molecule has 0 amide bonds. The largest absolute Gasteiger partial charge is 0.504 e. The zero-order valence-corrected chi connectivity index (χ0v) is 5.77. The molecule has 0 unspecified atom stereocenters. The second-order valence-corrected chi connectivity index (χ2v) is 2.09. The highest BCUT2D eigenvalue weighted by molar-refractivity contribution is 5.83. The number of hydrogen-bond acceptors (Lipinski definition) is 5. The van der Waals surface area contributed by atoms with E-state index in [2.05, 4.69) is 0 Å². The maximum Gasteiger partial charge on any atom is 0.237 e. The van der Waals surface area contributed by atoms with Gasteiger partial charge in [0.15, 0.2) is 11.5 Å². The molecule has 5 nitrogen and oxygen atoms in total. The Labute approximate surface area is 67.1 Å². The van der Waals surface area contributed by atoms with Crippen LogP contribution in [0.1, 0.15) is 5.56 Å². The summed E-state index contributed by atoms with van der Waals surface area (Å²) in [6.45, 7) is 0. The Hall–Kier alpha value is -1.91. The maximum atomic E-state index is 10.1. The van der Waals surface area contributed by atoms with Crippen molar-refractivity contribution in [2.75, 3.05) is 0 Å². The molecule has 0 atom stereocenters. The van der Waals surface area contributed by atoms with Crippen molar-refractivity contribution >= 4 is 6.29 Å². The number of hydrogen-bond donors (Lipinski definition) is 4. The highest BCUT2D eigenvalue weighted by Crippen LogP contribution is 2.42. The van der Waals surface area contributed by atoms with E-state index in [-0.39, 0.29) is 0 Å². The van der Waals surface area contributed by atoms with Crippen molar-refractivity contribution in [3.05, 3.63) is 11.6 Å². The molecule has 1 aromatic rings. The van der Waals surface area contributed by atoms with Gasteiger partial charge in [0.05, 0.1) is 5.56 Å². The molecule has 63 valence electrons. The van der Waals surface area contributed by atoms with E-state index in [1.165, 1.54) is 6.29 Å². The molecule has 5 heteroatoms. The van der Waals surface area contributed by atoms with E-state index < -0.39 is 28.6 Å². The van der Waals surface area contributed by atoms with Crippen LogP contribution in [0.15, 0.2) is 6.07 Å². The van der Waals surface area contributed by atoms with E-state index >= 15 is 0 Å². The average molecular weight is 169 g/mol. The van der Waals surface area contributed by atoms with Crippen molar-refractivity contribution < 1.29 is 25.2 Å². The van der Waals surface area contributed by atoms with Crippen molar-refractivity contribution in [2.45, 2.75) is 0 Å². The minimum Gasteiger partial charge on any atom is -0.504 e. The predicted octanol–water partition coefficient (Wildman–Crippen LogP) is -0.0332. The van der Waals surface area contributed by atoms with E-state index in [1.807, 2.05) is 0 Å². The molecule has 0 aliphatic carbocycles. The summed E-state index contributed by atoms with van der Waals surface area (Å²) in [5.41, 5.74) is -0.414. The molecular formula is C7H5O5. The average Bonchev–Trinajstić information content (AvgIpc) is 2.08. The Morgan fingerprint density at radius 2 is 1.58 bits per heavy atom. The van der Waals surface area contributed by atoms with Gasteiger partial charge in [0.2, 0.25) is 17.8 Å². The van der Waals surface area contributed by atoms with Gasteiger partial charge in [-0.25, -0.2) is 0 Å². The van der Waals surface area contributed by atoms with Gasteiger partial charge >= 0.3 is 0 Å². The molecule has 12 heavy (non-hydrogen) atoms. The molecule has 0 spiro atoms. The molecule has 0 fully saturated rings. The highest BCUT2D eigenvalue weighted by atomic mass is 16.3. The number of aromatic hydroxyl groups is 4. The second-order valence-electron chi connectivity index (χ2n) is 2.09. The quantitative estimate of drug-likeness (QED) is 0.349. The summed E-state index contributed by atoms with van der Waals surface area (Å²) in [5.74, 6) is -3.30. The van der Waals surface area contributed by atoms with Crippen molar-refractivity contribution in [1.29, 1.82) is 0 Å². The second kappa shape index (κ2) is 2.61. The van der Waals surface area contributed by atoms with Gasteiger partial charge in [-0.1, -0.05) is 0 Å². The Kier molecular flexibility index (Phi) is 1.78. The molecule has 1 radical (unpaired) electrons. The third kappa shape index (κ3) is 1.01. The van der Waals surface area contributed by atoms with Gasteiger partial charge in [0.1, 0.15) is 0 Å². The zero-order valence-electron chi connectivity index (χ0n) is 5.77. The summed E-state index contributed by atoms with van der Waals surface area (Å²) < 4.78 is 0. The minimum atomic E-state index is -0.937. The molecule has 0 aromatic heterocycles. The van der Waals surface area contributed by atoms with E-state index in [0.717, 1.165) is 6.07 Å². The van der Waals surface area contributed by atoms with Crippen LogP contribution in [-0.4, -0.2) is 26.7 Å². The molecule has 4 N–H and O–H groups in total. The third-order valence-electron chi connectivity index (χ3n) is 1.34. The lowest BCUT2D eigenvalue weighted by molar-refractivity contribution is 0.345. The summed E-state index contributed by atoms with van der Waals surface area (Å²) in [6.07, 6.45) is 1.27. The van der Waals surface area contributed by atoms with Gasteiger partial charge in [-0.2, -0.15) is 0 Å². The fourth-order valence-corrected chi connectivity index (χ4v) is 0.712. The van der Waals surface area contributed by atoms with Gasteiger partial charge in [-0.15, -0.1) is 0 Å². The van der Waals surface area contributed by atoms with Crippen LogP contribution in [-0.2, 0) is 4.79 Å². The van der Waals surface area contributed by atoms with Crippen molar-refractivity contribution in [3.8, 4) is 23.0 Å². The molecule has 1 aromatic carbocycles. The number of benzene rings is 1. The Morgan fingerprint density at radius 1 is 1.00 bits per heavy atom. The number of rotatable bonds is 1. The van der Waals surface area contributed by atoms with Crippen molar-refractivity contribution in [3.63, 3.8) is 0 Å². The molecular weight excluding hydrogens is 164 g/mol. The van der Waals surface area contributed by atoms with E-state index in [9.17, 15) is 4.79 Å². The number of carbonyl (C=O) groups excluding carboxylic acids is 1. The summed E-state index contributed by atoms with van der Waals surface area (Å²) in [6, 6.07) is 0.789. The van der Waals surface area contributed by atoms with Gasteiger partial charge in [-0.3, -0.25) is 4.79 Å². The molecule has 0 heterocycles. The fraction of sp³-hybridized carbons (Fsp3) is 0. The van der Waals surface area contributed by atoms with Gasteiger partial charge in [0.25, 0.3) is 0 Å². The maximum absolute atomic E-state index is 10.1. The standard InChI is InChI=1S/C7H5O5/c8-2-3-1-4(9)6(11)7(12)5(3)10/h1,9-12H. The smallest absolute Gasteiger partial charge is 0.237 e. The topological polar surface area (TPSA) is 98.0 Å². The van der Waals surface area contributed by atoms with Crippen LogP contribution in [0.5, 0.6) is 23.0 Å². The molecule has 0 saturated heterocycles. The van der Waals surface area contributed by atoms with Crippen LogP contribution < -0.4 is 0 Å². The van der Waals surface area contributed by atoms with Crippen LogP contribution in [0.25, 0.3) is 0 Å². The first-order chi connectivity index (χ1) is 5.57. The first kappa shape index (κ1) is 8.19. The van der Waals surface area contributed by atoms with Crippen LogP contribution in [0.2, 0.25) is 0 Å². The van der Waals surface area contributed by atoms with E-state index in [1.54, 1.807) is 0 Å². The van der Waals surface area contributed by atoms with Gasteiger partial charge < -0.3 is 20.4 Å². The normalized spacial score (nSPS) is 9.67. The zero-order chi connectivity index (χ0) is 9.30. The summed E-state index contributed by atoms with van der Waals surface area (Å²) in [7, 11) is 0. The molecule has 0 aliphatic rings. The van der Waals surface area contributed by atoms with Crippen molar-refractivity contribution in [1.82, 2.24) is 0 Å². The fourth-order valence-electron chi connectivity index (χ4n) is 0.712. The van der Waals surface area contributed by atoms with Crippen LogP contribution in [0, 0.1) is 0 Å². The Morgan fingerprint density at radius 3 is 2.08 bits per heavy atom. The summed E-state index contributed by atoms with van der Waals surface area (Å²) in [5, 5.41) is 35.4. The SMILES string of the molecule is O=[C]c1cc(O)c(O)c(O)c1O. The summed E-state index contributed by atoms with van der Waals surface area (Å²) in [4.78, 5) is 10.1. The van der Waals surface area contributed by atoms with Crippen molar-refractivity contribution in [2.24, 2.45) is 0 Å².